The summed E-state index contributed by atoms with van der Waals surface area (Å²) in [6.45, 7) is 0. The first-order valence-corrected chi connectivity index (χ1v) is 12.0. The smallest absolute Gasteiger partial charge is 0.208 e. The summed E-state index contributed by atoms with van der Waals surface area (Å²) in [5, 5.41) is 0. The summed E-state index contributed by atoms with van der Waals surface area (Å²) in [6.07, 6.45) is 5.39. The third kappa shape index (κ3) is 2.74. The van der Waals surface area contributed by atoms with Crippen LogP contribution in [0.25, 0.3) is 0 Å². The van der Waals surface area contributed by atoms with Crippen molar-refractivity contribution in [3.8, 4) is 0 Å². The molecule has 8 heteroatoms. The number of nitrogens with one attached hydrogen (secondary N) is 2. The normalized spacial score (nSPS) is 36.4. The highest BCUT2D eigenvalue weighted by atomic mass is 32.2. The van der Waals surface area contributed by atoms with Gasteiger partial charge < -0.3 is 0 Å². The number of sulfonamides is 2. The minimum Gasteiger partial charge on any atom is -0.208 e. The van der Waals surface area contributed by atoms with Crippen LogP contribution in [-0.4, -0.2) is 28.9 Å². The summed E-state index contributed by atoms with van der Waals surface area (Å²) in [5.74, 6) is 2.35. The third-order valence-electron chi connectivity index (χ3n) is 6.35. The van der Waals surface area contributed by atoms with Crippen molar-refractivity contribution in [2.75, 3.05) is 0 Å². The zero-order chi connectivity index (χ0) is 17.4. The predicted octanol–water partition coefficient (Wildman–Crippen LogP) is 1.45. The summed E-state index contributed by atoms with van der Waals surface area (Å²) < 4.78 is 55.5. The SMILES string of the molecule is O=S(=O)(NC1CC1)c1cccc(S(=O)(=O)NC2[C@@H]3[C@H]4CC[C@@H](C4)[C@@H]23)c1. The second-order valence-corrected chi connectivity index (χ2v) is 11.4. The fourth-order valence-electron chi connectivity index (χ4n) is 5.03. The molecule has 0 saturated heterocycles. The van der Waals surface area contributed by atoms with Crippen molar-refractivity contribution in [2.45, 2.75) is 54.0 Å². The van der Waals surface area contributed by atoms with Crippen LogP contribution in [0, 0.1) is 23.7 Å². The number of hydrogen-bond acceptors (Lipinski definition) is 4. The van der Waals surface area contributed by atoms with Crippen molar-refractivity contribution in [1.82, 2.24) is 9.44 Å². The van der Waals surface area contributed by atoms with Crippen LogP contribution in [-0.2, 0) is 20.0 Å². The zero-order valence-corrected chi connectivity index (χ0v) is 15.4. The molecule has 136 valence electrons. The molecule has 2 bridgehead atoms. The molecule has 4 atom stereocenters. The lowest BCUT2D eigenvalue weighted by molar-refractivity contribution is 0.456. The maximum absolute atomic E-state index is 12.7. The van der Waals surface area contributed by atoms with Crippen LogP contribution in [0.2, 0.25) is 0 Å². The summed E-state index contributed by atoms with van der Waals surface area (Å²) in [4.78, 5) is 0.0434. The Balaban J connectivity index is 1.36. The molecule has 4 aliphatic carbocycles. The Kier molecular flexibility index (Phi) is 3.43. The fraction of sp³-hybridized carbons (Fsp3) is 0.647. The van der Waals surface area contributed by atoms with Crippen molar-refractivity contribution < 1.29 is 16.8 Å². The van der Waals surface area contributed by atoms with Gasteiger partial charge in [0.05, 0.1) is 9.79 Å². The van der Waals surface area contributed by atoms with Gasteiger partial charge in [-0.25, -0.2) is 26.3 Å². The lowest BCUT2D eigenvalue weighted by Crippen LogP contribution is -2.30. The van der Waals surface area contributed by atoms with Crippen molar-refractivity contribution in [3.05, 3.63) is 24.3 Å². The van der Waals surface area contributed by atoms with Gasteiger partial charge in [-0.05, 0) is 74.0 Å². The van der Waals surface area contributed by atoms with E-state index < -0.39 is 20.0 Å². The van der Waals surface area contributed by atoms with E-state index in [4.69, 9.17) is 0 Å². The maximum Gasteiger partial charge on any atom is 0.240 e. The van der Waals surface area contributed by atoms with Gasteiger partial charge in [-0.3, -0.25) is 0 Å². The van der Waals surface area contributed by atoms with Crippen molar-refractivity contribution in [2.24, 2.45) is 23.7 Å². The van der Waals surface area contributed by atoms with Gasteiger partial charge in [0.1, 0.15) is 0 Å². The molecule has 25 heavy (non-hydrogen) atoms. The molecule has 2 N–H and O–H groups in total. The Hall–Kier alpha value is -0.960. The van der Waals surface area contributed by atoms with Crippen molar-refractivity contribution in [3.63, 3.8) is 0 Å². The molecular weight excluding hydrogens is 360 g/mol. The van der Waals surface area contributed by atoms with Crippen LogP contribution < -0.4 is 9.44 Å². The van der Waals surface area contributed by atoms with E-state index in [2.05, 4.69) is 9.44 Å². The Bertz CT molecular complexity index is 908. The minimum atomic E-state index is -3.70. The van der Waals surface area contributed by atoms with E-state index in [-0.39, 0.29) is 21.9 Å². The van der Waals surface area contributed by atoms with Gasteiger partial charge in [0.25, 0.3) is 0 Å². The van der Waals surface area contributed by atoms with E-state index in [0.717, 1.165) is 12.8 Å². The van der Waals surface area contributed by atoms with E-state index in [1.165, 1.54) is 43.5 Å². The molecule has 4 saturated carbocycles. The second kappa shape index (κ2) is 5.28. The van der Waals surface area contributed by atoms with Crippen LogP contribution in [0.3, 0.4) is 0 Å². The highest BCUT2D eigenvalue weighted by molar-refractivity contribution is 7.90. The molecule has 1 aromatic rings. The van der Waals surface area contributed by atoms with Crippen LogP contribution in [0.4, 0.5) is 0 Å². The standard InChI is InChI=1S/C17H22N2O4S2/c20-24(21,18-12-6-7-12)13-2-1-3-14(9-13)25(22,23)19-17-15-10-4-5-11(8-10)16(15)17/h1-3,9-12,15-19H,4-8H2/t10-,11-,15+,16+/m0/s1. The van der Waals surface area contributed by atoms with Crippen molar-refractivity contribution in [1.29, 1.82) is 0 Å². The number of rotatable bonds is 6. The summed E-state index contributed by atoms with van der Waals surface area (Å²) >= 11 is 0. The zero-order valence-electron chi connectivity index (χ0n) is 13.8. The molecule has 0 unspecified atom stereocenters. The van der Waals surface area contributed by atoms with Crippen LogP contribution >= 0.6 is 0 Å². The van der Waals surface area contributed by atoms with Crippen LogP contribution in [0.5, 0.6) is 0 Å². The van der Waals surface area contributed by atoms with Gasteiger partial charge in [-0.15, -0.1) is 0 Å². The van der Waals surface area contributed by atoms with Crippen LogP contribution in [0.1, 0.15) is 32.1 Å². The van der Waals surface area contributed by atoms with Gasteiger partial charge in [0.2, 0.25) is 20.0 Å². The number of hydrogen-bond donors (Lipinski definition) is 2. The molecule has 4 fully saturated rings. The van der Waals surface area contributed by atoms with Gasteiger partial charge >= 0.3 is 0 Å². The second-order valence-electron chi connectivity index (χ2n) is 8.01. The Morgan fingerprint density at radius 3 is 1.92 bits per heavy atom. The molecule has 0 amide bonds. The lowest BCUT2D eigenvalue weighted by atomic mass is 10.0. The predicted molar refractivity (Wildman–Crippen MR) is 91.7 cm³/mol. The van der Waals surface area contributed by atoms with E-state index >= 15 is 0 Å². The van der Waals surface area contributed by atoms with E-state index in [1.54, 1.807) is 0 Å². The Labute approximate surface area is 148 Å². The van der Waals surface area contributed by atoms with Gasteiger partial charge in [-0.1, -0.05) is 6.07 Å². The van der Waals surface area contributed by atoms with Gasteiger partial charge in [0.15, 0.2) is 0 Å². The van der Waals surface area contributed by atoms with Gasteiger partial charge in [-0.2, -0.15) is 0 Å². The quantitative estimate of drug-likeness (QED) is 0.779. The Morgan fingerprint density at radius 2 is 1.36 bits per heavy atom. The molecule has 1 aromatic carbocycles. The summed E-state index contributed by atoms with van der Waals surface area (Å²) in [5.41, 5.74) is 0. The molecule has 0 aliphatic heterocycles. The molecule has 0 spiro atoms. The van der Waals surface area contributed by atoms with E-state index in [0.29, 0.717) is 23.7 Å². The molecule has 4 aliphatic rings. The maximum atomic E-state index is 12.7. The molecule has 6 nitrogen and oxygen atoms in total. The highest BCUT2D eigenvalue weighted by Gasteiger charge is 2.65. The van der Waals surface area contributed by atoms with Crippen LogP contribution in [0.15, 0.2) is 34.1 Å². The first-order chi connectivity index (χ1) is 11.9. The summed E-state index contributed by atoms with van der Waals surface area (Å²) in [6, 6.07) is 5.69. The third-order valence-corrected chi connectivity index (χ3v) is 9.33. The van der Waals surface area contributed by atoms with E-state index in [9.17, 15) is 16.8 Å². The van der Waals surface area contributed by atoms with E-state index in [1.807, 2.05) is 0 Å². The molecule has 5 rings (SSSR count). The number of fused-ring (bicyclic) bond motifs is 5. The first kappa shape index (κ1) is 16.2. The average Bonchev–Trinajstić information content (AvgIpc) is 3.43. The minimum absolute atomic E-state index is 0.00953. The monoisotopic (exact) mass is 382 g/mol. The molecule has 0 radical (unpaired) electrons. The Morgan fingerprint density at radius 1 is 0.800 bits per heavy atom. The largest absolute Gasteiger partial charge is 0.240 e. The fourth-order valence-corrected chi connectivity index (χ4v) is 7.80. The lowest BCUT2D eigenvalue weighted by Gasteiger charge is -2.12. The topological polar surface area (TPSA) is 92.3 Å². The highest BCUT2D eigenvalue weighted by Crippen LogP contribution is 2.65. The summed E-state index contributed by atoms with van der Waals surface area (Å²) in [7, 11) is -7.35. The molecule has 0 heterocycles. The number of benzene rings is 1. The molecular formula is C17H22N2O4S2. The van der Waals surface area contributed by atoms with Crippen molar-refractivity contribution >= 4 is 20.0 Å². The first-order valence-electron chi connectivity index (χ1n) is 9.00. The van der Waals surface area contributed by atoms with Gasteiger partial charge in [0, 0.05) is 12.1 Å². The molecule has 0 aromatic heterocycles. The average molecular weight is 383 g/mol.